The summed E-state index contributed by atoms with van der Waals surface area (Å²) in [6, 6.07) is 19.6. The molecule has 6 heteroatoms. The fourth-order valence-corrected chi connectivity index (χ4v) is 4.74. The minimum atomic E-state index is -0.151. The number of phenols is 1. The highest BCUT2D eigenvalue weighted by Gasteiger charge is 2.34. The number of carbonyl (C=O) groups is 1. The third-order valence-corrected chi connectivity index (χ3v) is 6.58. The number of ketones is 1. The summed E-state index contributed by atoms with van der Waals surface area (Å²) in [5.74, 6) is 1.55. The first-order valence-electron chi connectivity index (χ1n) is 12.1. The van der Waals surface area contributed by atoms with E-state index in [1.54, 1.807) is 12.1 Å². The molecule has 6 nitrogen and oxygen atoms in total. The molecule has 1 fully saturated rings. The number of hydrogen-bond donors (Lipinski definition) is 1. The zero-order valence-electron chi connectivity index (χ0n) is 20.2. The molecule has 0 saturated carbocycles. The van der Waals surface area contributed by atoms with Gasteiger partial charge in [0.2, 0.25) is 5.78 Å². The molecule has 1 saturated heterocycles. The molecule has 2 heterocycles. The van der Waals surface area contributed by atoms with E-state index in [1.807, 2.05) is 44.2 Å². The van der Waals surface area contributed by atoms with Gasteiger partial charge < -0.3 is 19.5 Å². The van der Waals surface area contributed by atoms with Crippen LogP contribution in [0.15, 0.2) is 66.4 Å². The van der Waals surface area contributed by atoms with E-state index in [0.717, 1.165) is 43.1 Å². The lowest BCUT2D eigenvalue weighted by atomic mass is 9.99. The van der Waals surface area contributed by atoms with Gasteiger partial charge in [-0.1, -0.05) is 30.3 Å². The number of anilines is 1. The number of hydrogen-bond acceptors (Lipinski definition) is 6. The average Bonchev–Trinajstić information content (AvgIpc) is 3.20. The van der Waals surface area contributed by atoms with Gasteiger partial charge in [-0.15, -0.1) is 0 Å². The van der Waals surface area contributed by atoms with E-state index >= 15 is 0 Å². The van der Waals surface area contributed by atoms with Crippen molar-refractivity contribution < 1.29 is 19.4 Å². The Morgan fingerprint density at radius 3 is 2.43 bits per heavy atom. The van der Waals surface area contributed by atoms with Crippen LogP contribution >= 0.6 is 0 Å². The van der Waals surface area contributed by atoms with Gasteiger partial charge in [0.15, 0.2) is 5.76 Å². The molecule has 3 aromatic rings. The maximum absolute atomic E-state index is 13.2. The molecule has 0 aliphatic carbocycles. The second-order valence-corrected chi connectivity index (χ2v) is 8.94. The monoisotopic (exact) mass is 470 g/mol. The minimum absolute atomic E-state index is 0.151. The molecule has 0 unspecified atom stereocenters. The number of para-hydroxylation sites is 1. The smallest absolute Gasteiger partial charge is 0.232 e. The number of aryl methyl sites for hydroxylation is 1. The lowest BCUT2D eigenvalue weighted by Crippen LogP contribution is -2.46. The molecule has 2 aliphatic heterocycles. The normalized spacial score (nSPS) is 16.9. The zero-order valence-corrected chi connectivity index (χ0v) is 20.2. The van der Waals surface area contributed by atoms with Crippen LogP contribution in [0.3, 0.4) is 0 Å². The van der Waals surface area contributed by atoms with E-state index in [-0.39, 0.29) is 17.3 Å². The highest BCUT2D eigenvalue weighted by molar-refractivity contribution is 6.15. The van der Waals surface area contributed by atoms with Gasteiger partial charge in [0, 0.05) is 38.4 Å². The SMILES string of the molecule is CCOc1ccc(/C=C2\Oc3c(CN4CCN(c5ccccc5)CC4)c(O)cc(C)c3C2=O)cc1. The number of benzene rings is 3. The van der Waals surface area contributed by atoms with Gasteiger partial charge in [-0.2, -0.15) is 0 Å². The van der Waals surface area contributed by atoms with Crippen LogP contribution in [0.4, 0.5) is 5.69 Å². The van der Waals surface area contributed by atoms with Gasteiger partial charge in [0.1, 0.15) is 17.2 Å². The number of aromatic hydroxyl groups is 1. The topological polar surface area (TPSA) is 62.2 Å². The Morgan fingerprint density at radius 2 is 1.74 bits per heavy atom. The lowest BCUT2D eigenvalue weighted by molar-refractivity contribution is 0.101. The van der Waals surface area contributed by atoms with Crippen molar-refractivity contribution in [1.29, 1.82) is 0 Å². The summed E-state index contributed by atoms with van der Waals surface area (Å²) in [6.45, 7) is 8.44. The van der Waals surface area contributed by atoms with Gasteiger partial charge in [-0.3, -0.25) is 9.69 Å². The van der Waals surface area contributed by atoms with Crippen molar-refractivity contribution in [2.75, 3.05) is 37.7 Å². The van der Waals surface area contributed by atoms with Crippen LogP contribution in [0, 0.1) is 6.92 Å². The Kier molecular flexibility index (Phi) is 6.47. The Balaban J connectivity index is 1.34. The van der Waals surface area contributed by atoms with E-state index in [9.17, 15) is 9.90 Å². The number of Topliss-reactive ketones (excluding diaryl/α,β-unsaturated/α-hetero) is 1. The van der Waals surface area contributed by atoms with Crippen LogP contribution in [0.1, 0.15) is 34.0 Å². The third kappa shape index (κ3) is 4.75. The third-order valence-electron chi connectivity index (χ3n) is 6.58. The number of fused-ring (bicyclic) bond motifs is 1. The fourth-order valence-electron chi connectivity index (χ4n) is 4.74. The van der Waals surface area contributed by atoms with Crippen molar-refractivity contribution in [3.8, 4) is 17.2 Å². The molecule has 0 radical (unpaired) electrons. The Morgan fingerprint density at radius 1 is 1.03 bits per heavy atom. The summed E-state index contributed by atoms with van der Waals surface area (Å²) in [6.07, 6.45) is 1.75. The molecular weight excluding hydrogens is 440 g/mol. The predicted molar refractivity (Wildman–Crippen MR) is 137 cm³/mol. The Labute approximate surface area is 206 Å². The molecule has 0 aromatic heterocycles. The summed E-state index contributed by atoms with van der Waals surface area (Å²) in [5.41, 5.74) is 4.00. The van der Waals surface area contributed by atoms with E-state index in [2.05, 4.69) is 34.1 Å². The molecule has 0 bridgehead atoms. The average molecular weight is 471 g/mol. The highest BCUT2D eigenvalue weighted by Crippen LogP contribution is 2.42. The van der Waals surface area contributed by atoms with E-state index < -0.39 is 0 Å². The predicted octanol–water partition coefficient (Wildman–Crippen LogP) is 5.04. The van der Waals surface area contributed by atoms with Crippen LogP contribution in [0.2, 0.25) is 0 Å². The van der Waals surface area contributed by atoms with Gasteiger partial charge in [0.05, 0.1) is 17.7 Å². The van der Waals surface area contributed by atoms with E-state index in [0.29, 0.717) is 30.0 Å². The first kappa shape index (κ1) is 23.0. The molecule has 0 atom stereocenters. The first-order chi connectivity index (χ1) is 17.0. The lowest BCUT2D eigenvalue weighted by Gasteiger charge is -2.36. The van der Waals surface area contributed by atoms with Gasteiger partial charge in [-0.05, 0) is 61.4 Å². The highest BCUT2D eigenvalue weighted by atomic mass is 16.5. The molecule has 180 valence electrons. The fraction of sp³-hybridized carbons (Fsp3) is 0.276. The van der Waals surface area contributed by atoms with Gasteiger partial charge in [-0.25, -0.2) is 0 Å². The number of carbonyl (C=O) groups excluding carboxylic acids is 1. The Bertz CT molecular complexity index is 1240. The second-order valence-electron chi connectivity index (χ2n) is 8.94. The van der Waals surface area contributed by atoms with E-state index in [4.69, 9.17) is 9.47 Å². The number of phenolic OH excluding ortho intramolecular Hbond substituents is 1. The standard InChI is InChI=1S/C29H30N2O4/c1-3-34-23-11-9-21(10-12-23)18-26-28(33)27-20(2)17-25(32)24(29(27)35-26)19-30-13-15-31(16-14-30)22-7-5-4-6-8-22/h4-12,17-18,32H,3,13-16,19H2,1-2H3/b26-18-. The van der Waals surface area contributed by atoms with Crippen LogP contribution in [0.5, 0.6) is 17.2 Å². The summed E-state index contributed by atoms with van der Waals surface area (Å²) in [7, 11) is 0. The summed E-state index contributed by atoms with van der Waals surface area (Å²) >= 11 is 0. The maximum atomic E-state index is 13.2. The first-order valence-corrected chi connectivity index (χ1v) is 12.1. The largest absolute Gasteiger partial charge is 0.507 e. The summed E-state index contributed by atoms with van der Waals surface area (Å²) < 4.78 is 11.6. The molecule has 0 spiro atoms. The number of ether oxygens (including phenoxy) is 2. The van der Waals surface area contributed by atoms with Crippen molar-refractivity contribution in [2.24, 2.45) is 0 Å². The Hall–Kier alpha value is -3.77. The van der Waals surface area contributed by atoms with Crippen LogP contribution in [0.25, 0.3) is 6.08 Å². The zero-order chi connectivity index (χ0) is 24.4. The van der Waals surface area contributed by atoms with Crippen LogP contribution in [-0.2, 0) is 6.54 Å². The molecule has 1 N–H and O–H groups in total. The minimum Gasteiger partial charge on any atom is -0.507 e. The molecule has 5 rings (SSSR count). The van der Waals surface area contributed by atoms with Crippen molar-refractivity contribution >= 4 is 17.5 Å². The molecule has 35 heavy (non-hydrogen) atoms. The quantitative estimate of drug-likeness (QED) is 0.510. The number of nitrogens with zero attached hydrogens (tertiary/aromatic N) is 2. The molecule has 2 aliphatic rings. The number of piperazine rings is 1. The van der Waals surface area contributed by atoms with Crippen LogP contribution in [-0.4, -0.2) is 48.6 Å². The van der Waals surface area contributed by atoms with Gasteiger partial charge in [0.25, 0.3) is 0 Å². The number of allylic oxidation sites excluding steroid dienone is 1. The molecule has 0 amide bonds. The number of rotatable bonds is 6. The molecular formula is C29H30N2O4. The summed E-state index contributed by atoms with van der Waals surface area (Å²) in [5, 5.41) is 10.8. The van der Waals surface area contributed by atoms with E-state index in [1.165, 1.54) is 5.69 Å². The van der Waals surface area contributed by atoms with Crippen LogP contribution < -0.4 is 14.4 Å². The molecule has 3 aromatic carbocycles. The van der Waals surface area contributed by atoms with Crippen molar-refractivity contribution in [3.63, 3.8) is 0 Å². The maximum Gasteiger partial charge on any atom is 0.232 e. The van der Waals surface area contributed by atoms with Crippen molar-refractivity contribution in [1.82, 2.24) is 4.90 Å². The summed E-state index contributed by atoms with van der Waals surface area (Å²) in [4.78, 5) is 17.9. The van der Waals surface area contributed by atoms with Crippen molar-refractivity contribution in [2.45, 2.75) is 20.4 Å². The van der Waals surface area contributed by atoms with Crippen molar-refractivity contribution in [3.05, 3.63) is 88.7 Å². The second kappa shape index (κ2) is 9.84. The van der Waals surface area contributed by atoms with Gasteiger partial charge >= 0.3 is 0 Å².